The Morgan fingerprint density at radius 3 is 2.21 bits per heavy atom. The lowest BCUT2D eigenvalue weighted by Gasteiger charge is -2.27. The number of ether oxygens (including phenoxy) is 1. The molecule has 152 valence electrons. The summed E-state index contributed by atoms with van der Waals surface area (Å²) in [6, 6.07) is 9.16. The minimum absolute atomic E-state index is 0.266. The number of likely N-dealkylation sites (N-methyl/N-ethyl adjacent to an activating group) is 1. The summed E-state index contributed by atoms with van der Waals surface area (Å²) in [5.41, 5.74) is 0.533. The van der Waals surface area contributed by atoms with E-state index in [-0.39, 0.29) is 23.0 Å². The van der Waals surface area contributed by atoms with Crippen LogP contribution in [-0.2, 0) is 20.9 Å². The lowest BCUT2D eigenvalue weighted by molar-refractivity contribution is -0.156. The molecule has 3 amide bonds. The molecule has 1 aliphatic heterocycles. The van der Waals surface area contributed by atoms with Gasteiger partial charge in [-0.25, -0.2) is 4.79 Å². The standard InChI is InChI=1S/C21H22N2O5S/c1-13(2)18(23-19(25)15-8-4-5-9-16(15)20(23)26)21(27)28-12-17(24)22(3)11-14-7-6-10-29-14/h4-10,13,18H,11-12H2,1-3H3/t18-/m0/s1. The number of imide groups is 1. The van der Waals surface area contributed by atoms with Crippen molar-refractivity contribution >= 4 is 35.0 Å². The molecule has 0 spiro atoms. The average molecular weight is 414 g/mol. The second kappa shape index (κ2) is 8.57. The third-order valence-corrected chi connectivity index (χ3v) is 5.57. The molecule has 0 unspecified atom stereocenters. The van der Waals surface area contributed by atoms with E-state index in [9.17, 15) is 19.2 Å². The lowest BCUT2D eigenvalue weighted by atomic mass is 10.0. The van der Waals surface area contributed by atoms with Gasteiger partial charge in [0, 0.05) is 11.9 Å². The molecule has 1 aliphatic rings. The molecule has 0 radical (unpaired) electrons. The van der Waals surface area contributed by atoms with E-state index in [0.29, 0.717) is 6.54 Å². The van der Waals surface area contributed by atoms with Crippen molar-refractivity contribution in [2.75, 3.05) is 13.7 Å². The molecule has 1 aromatic carbocycles. The first-order valence-corrected chi connectivity index (χ1v) is 10.1. The molecule has 0 saturated carbocycles. The van der Waals surface area contributed by atoms with Crippen LogP contribution >= 0.6 is 11.3 Å². The molecule has 0 N–H and O–H groups in total. The van der Waals surface area contributed by atoms with Crippen molar-refractivity contribution in [1.82, 2.24) is 9.80 Å². The first-order chi connectivity index (χ1) is 13.8. The third-order valence-electron chi connectivity index (χ3n) is 4.71. The quantitative estimate of drug-likeness (QED) is 0.514. The fraction of sp³-hybridized carbons (Fsp3) is 0.333. The molecule has 3 rings (SSSR count). The van der Waals surface area contributed by atoms with Crippen LogP contribution in [0.5, 0.6) is 0 Å². The molecule has 2 heterocycles. The molecule has 0 fully saturated rings. The van der Waals surface area contributed by atoms with Crippen molar-refractivity contribution in [3.63, 3.8) is 0 Å². The highest BCUT2D eigenvalue weighted by Crippen LogP contribution is 2.27. The van der Waals surface area contributed by atoms with Gasteiger partial charge in [-0.05, 0) is 29.5 Å². The smallest absolute Gasteiger partial charge is 0.330 e. The number of benzene rings is 1. The maximum absolute atomic E-state index is 12.7. The zero-order valence-corrected chi connectivity index (χ0v) is 17.3. The SMILES string of the molecule is CC(C)[C@@H](C(=O)OCC(=O)N(C)Cc1cccs1)N1C(=O)c2ccccc2C1=O. The molecule has 0 bridgehead atoms. The number of hydrogen-bond acceptors (Lipinski definition) is 6. The first kappa shape index (κ1) is 20.7. The molecule has 1 aromatic heterocycles. The number of amides is 3. The van der Waals surface area contributed by atoms with Crippen molar-refractivity contribution < 1.29 is 23.9 Å². The molecule has 7 nitrogen and oxygen atoms in total. The van der Waals surface area contributed by atoms with Crippen LogP contribution in [0.2, 0.25) is 0 Å². The number of thiophene rings is 1. The number of carbonyl (C=O) groups is 4. The van der Waals surface area contributed by atoms with Gasteiger partial charge in [0.25, 0.3) is 17.7 Å². The van der Waals surface area contributed by atoms with Gasteiger partial charge in [-0.3, -0.25) is 19.3 Å². The van der Waals surface area contributed by atoms with Gasteiger partial charge in [-0.2, -0.15) is 0 Å². The summed E-state index contributed by atoms with van der Waals surface area (Å²) < 4.78 is 5.20. The molecule has 29 heavy (non-hydrogen) atoms. The number of fused-ring (bicyclic) bond motifs is 1. The summed E-state index contributed by atoms with van der Waals surface area (Å²) in [4.78, 5) is 53.8. The number of esters is 1. The van der Waals surface area contributed by atoms with Crippen molar-refractivity contribution in [2.45, 2.75) is 26.4 Å². The van der Waals surface area contributed by atoms with E-state index in [1.54, 1.807) is 45.2 Å². The van der Waals surface area contributed by atoms with Crippen LogP contribution in [0, 0.1) is 5.92 Å². The van der Waals surface area contributed by atoms with Crippen LogP contribution in [0.25, 0.3) is 0 Å². The highest BCUT2D eigenvalue weighted by Gasteiger charge is 2.44. The van der Waals surface area contributed by atoms with Crippen LogP contribution in [0.4, 0.5) is 0 Å². The fourth-order valence-electron chi connectivity index (χ4n) is 3.19. The van der Waals surface area contributed by atoms with Gasteiger partial charge >= 0.3 is 5.97 Å². The van der Waals surface area contributed by atoms with Crippen LogP contribution in [-0.4, -0.2) is 53.2 Å². The van der Waals surface area contributed by atoms with Crippen molar-refractivity contribution in [3.05, 3.63) is 57.8 Å². The van der Waals surface area contributed by atoms with Gasteiger partial charge in [0.1, 0.15) is 6.04 Å². The molecule has 8 heteroatoms. The van der Waals surface area contributed by atoms with E-state index in [0.717, 1.165) is 9.78 Å². The Bertz CT molecular complexity index is 903. The van der Waals surface area contributed by atoms with Crippen LogP contribution in [0.3, 0.4) is 0 Å². The Morgan fingerprint density at radius 1 is 1.07 bits per heavy atom. The fourth-order valence-corrected chi connectivity index (χ4v) is 3.95. The minimum Gasteiger partial charge on any atom is -0.454 e. The molecular weight excluding hydrogens is 392 g/mol. The maximum Gasteiger partial charge on any atom is 0.330 e. The molecular formula is C21H22N2O5S. The summed E-state index contributed by atoms with van der Waals surface area (Å²) in [7, 11) is 1.62. The monoisotopic (exact) mass is 414 g/mol. The lowest BCUT2D eigenvalue weighted by Crippen LogP contribution is -2.49. The normalized spacial score (nSPS) is 14.1. The van der Waals surface area contributed by atoms with Gasteiger partial charge < -0.3 is 9.64 Å². The Morgan fingerprint density at radius 2 is 1.69 bits per heavy atom. The van der Waals surface area contributed by atoms with Crippen LogP contribution in [0.1, 0.15) is 39.4 Å². The largest absolute Gasteiger partial charge is 0.454 e. The van der Waals surface area contributed by atoms with Crippen LogP contribution < -0.4 is 0 Å². The van der Waals surface area contributed by atoms with Gasteiger partial charge in [-0.1, -0.05) is 32.0 Å². The predicted octanol–water partition coefficient (Wildman–Crippen LogP) is 2.57. The number of rotatable bonds is 7. The topological polar surface area (TPSA) is 84.0 Å². The van der Waals surface area contributed by atoms with Crippen molar-refractivity contribution in [3.8, 4) is 0 Å². The van der Waals surface area contributed by atoms with Gasteiger partial charge in [0.15, 0.2) is 6.61 Å². The molecule has 1 atom stereocenters. The van der Waals surface area contributed by atoms with Crippen molar-refractivity contribution in [2.24, 2.45) is 5.92 Å². The summed E-state index contributed by atoms with van der Waals surface area (Å²) >= 11 is 1.53. The van der Waals surface area contributed by atoms with Gasteiger partial charge in [0.05, 0.1) is 17.7 Å². The van der Waals surface area contributed by atoms with E-state index >= 15 is 0 Å². The summed E-state index contributed by atoms with van der Waals surface area (Å²) in [5.74, 6) is -2.56. The highest BCUT2D eigenvalue weighted by atomic mass is 32.1. The van der Waals surface area contributed by atoms with Gasteiger partial charge in [-0.15, -0.1) is 11.3 Å². The molecule has 2 aromatic rings. The second-order valence-electron chi connectivity index (χ2n) is 7.15. The predicted molar refractivity (Wildman–Crippen MR) is 107 cm³/mol. The number of nitrogens with zero attached hydrogens (tertiary/aromatic N) is 2. The Hall–Kier alpha value is -3.00. The van der Waals surface area contributed by atoms with E-state index in [2.05, 4.69) is 0 Å². The van der Waals surface area contributed by atoms with Gasteiger partial charge in [0.2, 0.25) is 0 Å². The average Bonchev–Trinajstić information content (AvgIpc) is 3.29. The Labute approximate surface area is 172 Å². The van der Waals surface area contributed by atoms with Crippen molar-refractivity contribution in [1.29, 1.82) is 0 Å². The van der Waals surface area contributed by atoms with Crippen LogP contribution in [0.15, 0.2) is 41.8 Å². The third kappa shape index (κ3) is 4.22. The zero-order valence-electron chi connectivity index (χ0n) is 16.5. The van der Waals surface area contributed by atoms with E-state index < -0.39 is 30.4 Å². The molecule has 0 saturated heterocycles. The summed E-state index contributed by atoms with van der Waals surface area (Å²) in [6.45, 7) is 3.41. The highest BCUT2D eigenvalue weighted by molar-refractivity contribution is 7.09. The minimum atomic E-state index is -1.10. The van der Waals surface area contributed by atoms with E-state index in [4.69, 9.17) is 4.74 Å². The maximum atomic E-state index is 12.7. The van der Waals surface area contributed by atoms with E-state index in [1.165, 1.54) is 16.2 Å². The summed E-state index contributed by atoms with van der Waals surface area (Å²) in [6.07, 6.45) is 0. The zero-order chi connectivity index (χ0) is 21.1. The Kier molecular flexibility index (Phi) is 6.12. The number of hydrogen-bond donors (Lipinski definition) is 0. The second-order valence-corrected chi connectivity index (χ2v) is 8.18. The first-order valence-electron chi connectivity index (χ1n) is 9.21. The molecule has 0 aliphatic carbocycles. The number of carbonyl (C=O) groups excluding carboxylic acids is 4. The summed E-state index contributed by atoms with van der Waals surface area (Å²) in [5, 5.41) is 1.92. The van der Waals surface area contributed by atoms with E-state index in [1.807, 2.05) is 17.5 Å². The Balaban J connectivity index is 1.67.